The summed E-state index contributed by atoms with van der Waals surface area (Å²) in [5.74, 6) is 1.69. The molecule has 6 nitrogen and oxygen atoms in total. The van der Waals surface area contributed by atoms with Gasteiger partial charge in [0.25, 0.3) is 0 Å². The molecule has 1 aliphatic rings. The highest BCUT2D eigenvalue weighted by molar-refractivity contribution is 7.99. The molecule has 0 spiro atoms. The second-order valence-electron chi connectivity index (χ2n) is 5.12. The van der Waals surface area contributed by atoms with E-state index in [4.69, 9.17) is 5.73 Å². The standard InChI is InChI=1S/C12H24N2O4S2/c1-18-12(15)11(13)5-7-19-9-10-4-3-6-14(8-10)20(2,16)17/h10-11H,3-9,13H2,1-2H3. The fourth-order valence-electron chi connectivity index (χ4n) is 2.19. The maximum Gasteiger partial charge on any atom is 0.322 e. The molecule has 0 radical (unpaired) electrons. The maximum atomic E-state index is 11.5. The van der Waals surface area contributed by atoms with Crippen molar-refractivity contribution in [2.75, 3.05) is 38.0 Å². The molecule has 1 saturated heterocycles. The third-order valence-electron chi connectivity index (χ3n) is 3.38. The molecule has 2 atom stereocenters. The zero-order chi connectivity index (χ0) is 15.2. The Kier molecular flexibility index (Phi) is 7.28. The lowest BCUT2D eigenvalue weighted by atomic mass is 10.0. The van der Waals surface area contributed by atoms with Gasteiger partial charge in [-0.25, -0.2) is 12.7 Å². The number of carbonyl (C=O) groups is 1. The number of piperidine rings is 1. The third-order valence-corrected chi connectivity index (χ3v) is 5.88. The van der Waals surface area contributed by atoms with Crippen molar-refractivity contribution in [2.45, 2.75) is 25.3 Å². The number of nitrogens with zero attached hydrogens (tertiary/aromatic N) is 1. The molecular formula is C12H24N2O4S2. The first kappa shape index (κ1) is 17.7. The number of ether oxygens (including phenoxy) is 1. The minimum absolute atomic E-state index is 0.383. The van der Waals surface area contributed by atoms with E-state index in [0.717, 1.165) is 24.3 Å². The average molecular weight is 324 g/mol. The van der Waals surface area contributed by atoms with E-state index < -0.39 is 16.1 Å². The van der Waals surface area contributed by atoms with Gasteiger partial charge in [-0.2, -0.15) is 11.8 Å². The van der Waals surface area contributed by atoms with Gasteiger partial charge in [-0.1, -0.05) is 0 Å². The van der Waals surface area contributed by atoms with Crippen molar-refractivity contribution in [3.8, 4) is 0 Å². The molecule has 1 aliphatic heterocycles. The number of esters is 1. The number of methoxy groups -OCH3 is 1. The van der Waals surface area contributed by atoms with Gasteiger partial charge >= 0.3 is 5.97 Å². The topological polar surface area (TPSA) is 89.7 Å². The minimum Gasteiger partial charge on any atom is -0.468 e. The summed E-state index contributed by atoms with van der Waals surface area (Å²) < 4.78 is 29.1. The van der Waals surface area contributed by atoms with Crippen LogP contribution in [0.15, 0.2) is 0 Å². The van der Waals surface area contributed by atoms with Crippen molar-refractivity contribution < 1.29 is 17.9 Å². The summed E-state index contributed by atoms with van der Waals surface area (Å²) in [5, 5.41) is 0. The van der Waals surface area contributed by atoms with Crippen LogP contribution in [0, 0.1) is 5.92 Å². The quantitative estimate of drug-likeness (QED) is 0.534. The van der Waals surface area contributed by atoms with Gasteiger partial charge in [-0.3, -0.25) is 4.79 Å². The predicted molar refractivity (Wildman–Crippen MR) is 81.1 cm³/mol. The molecule has 1 rings (SSSR count). The van der Waals surface area contributed by atoms with Crippen molar-refractivity contribution >= 4 is 27.8 Å². The lowest BCUT2D eigenvalue weighted by molar-refractivity contribution is -0.142. The second-order valence-corrected chi connectivity index (χ2v) is 8.25. The van der Waals surface area contributed by atoms with Crippen LogP contribution in [-0.2, 0) is 19.6 Å². The highest BCUT2D eigenvalue weighted by Gasteiger charge is 2.25. The van der Waals surface area contributed by atoms with E-state index in [1.807, 2.05) is 0 Å². The maximum absolute atomic E-state index is 11.5. The van der Waals surface area contributed by atoms with Crippen LogP contribution in [0.1, 0.15) is 19.3 Å². The van der Waals surface area contributed by atoms with Gasteiger partial charge in [-0.15, -0.1) is 0 Å². The van der Waals surface area contributed by atoms with E-state index in [9.17, 15) is 13.2 Å². The Bertz CT molecular complexity index is 414. The Hall–Kier alpha value is -0.310. The lowest BCUT2D eigenvalue weighted by Crippen LogP contribution is -2.40. The number of rotatable bonds is 7. The fraction of sp³-hybridized carbons (Fsp3) is 0.917. The molecule has 0 amide bonds. The second kappa shape index (κ2) is 8.21. The van der Waals surface area contributed by atoms with Gasteiger partial charge in [-0.05, 0) is 36.7 Å². The fourth-order valence-corrected chi connectivity index (χ4v) is 4.33. The first-order valence-electron chi connectivity index (χ1n) is 6.71. The highest BCUT2D eigenvalue weighted by atomic mass is 32.2. The molecule has 2 unspecified atom stereocenters. The van der Waals surface area contributed by atoms with Gasteiger partial charge in [0.1, 0.15) is 6.04 Å². The number of nitrogens with two attached hydrogens (primary N) is 1. The summed E-state index contributed by atoms with van der Waals surface area (Å²) >= 11 is 1.72. The Morgan fingerprint density at radius 2 is 2.25 bits per heavy atom. The molecule has 1 fully saturated rings. The third kappa shape index (κ3) is 5.99. The van der Waals surface area contributed by atoms with Crippen LogP contribution in [0.3, 0.4) is 0 Å². The van der Waals surface area contributed by atoms with E-state index in [1.165, 1.54) is 13.4 Å². The first-order chi connectivity index (χ1) is 9.34. The van der Waals surface area contributed by atoms with Gasteiger partial charge in [0, 0.05) is 13.1 Å². The number of sulfonamides is 1. The highest BCUT2D eigenvalue weighted by Crippen LogP contribution is 2.22. The Morgan fingerprint density at radius 1 is 1.55 bits per heavy atom. The van der Waals surface area contributed by atoms with Crippen LogP contribution in [0.5, 0.6) is 0 Å². The molecular weight excluding hydrogens is 300 g/mol. The number of hydrogen-bond donors (Lipinski definition) is 1. The molecule has 0 saturated carbocycles. The Balaban J connectivity index is 2.24. The molecule has 8 heteroatoms. The summed E-state index contributed by atoms with van der Waals surface area (Å²) in [6.07, 6.45) is 3.82. The van der Waals surface area contributed by atoms with Gasteiger partial charge in [0.15, 0.2) is 0 Å². The van der Waals surface area contributed by atoms with Crippen LogP contribution >= 0.6 is 11.8 Å². The number of thioether (sulfide) groups is 1. The predicted octanol–water partition coefficient (Wildman–Crippen LogP) is 0.282. The van der Waals surface area contributed by atoms with Gasteiger partial charge < -0.3 is 10.5 Å². The molecule has 0 aromatic carbocycles. The summed E-state index contributed by atoms with van der Waals surface area (Å²) in [5.41, 5.74) is 5.65. The van der Waals surface area contributed by atoms with Gasteiger partial charge in [0.05, 0.1) is 13.4 Å². The number of carbonyl (C=O) groups excluding carboxylic acids is 1. The molecule has 118 valence electrons. The molecule has 0 aromatic rings. The van der Waals surface area contributed by atoms with Crippen molar-refractivity contribution in [1.29, 1.82) is 0 Å². The molecule has 2 N–H and O–H groups in total. The molecule has 0 aliphatic carbocycles. The Morgan fingerprint density at radius 3 is 2.85 bits per heavy atom. The van der Waals surface area contributed by atoms with Crippen LogP contribution < -0.4 is 5.73 Å². The van der Waals surface area contributed by atoms with E-state index in [0.29, 0.717) is 25.4 Å². The summed E-state index contributed by atoms with van der Waals surface area (Å²) in [6.45, 7) is 1.24. The molecule has 20 heavy (non-hydrogen) atoms. The summed E-state index contributed by atoms with van der Waals surface area (Å²) in [7, 11) is -1.74. The SMILES string of the molecule is COC(=O)C(N)CCSCC1CCCN(S(C)(=O)=O)C1. The summed E-state index contributed by atoms with van der Waals surface area (Å²) in [6, 6.07) is -0.564. The van der Waals surface area contributed by atoms with E-state index in [-0.39, 0.29) is 5.97 Å². The zero-order valence-corrected chi connectivity index (χ0v) is 13.7. The van der Waals surface area contributed by atoms with Crippen molar-refractivity contribution in [3.63, 3.8) is 0 Å². The van der Waals surface area contributed by atoms with Gasteiger partial charge in [0.2, 0.25) is 10.0 Å². The number of hydrogen-bond acceptors (Lipinski definition) is 6. The first-order valence-corrected chi connectivity index (χ1v) is 9.71. The van der Waals surface area contributed by atoms with Crippen molar-refractivity contribution in [2.24, 2.45) is 11.7 Å². The van der Waals surface area contributed by atoms with Crippen LogP contribution in [0.4, 0.5) is 0 Å². The smallest absolute Gasteiger partial charge is 0.322 e. The molecule has 0 aromatic heterocycles. The normalized spacial score (nSPS) is 22.4. The zero-order valence-electron chi connectivity index (χ0n) is 12.1. The summed E-state index contributed by atoms with van der Waals surface area (Å²) in [4.78, 5) is 11.1. The van der Waals surface area contributed by atoms with Crippen LogP contribution in [-0.4, -0.2) is 62.7 Å². The molecule has 1 heterocycles. The van der Waals surface area contributed by atoms with E-state index in [2.05, 4.69) is 4.74 Å². The van der Waals surface area contributed by atoms with E-state index in [1.54, 1.807) is 16.1 Å². The Labute approximate surface area is 125 Å². The minimum atomic E-state index is -3.07. The average Bonchev–Trinajstić information content (AvgIpc) is 2.41. The van der Waals surface area contributed by atoms with Crippen molar-refractivity contribution in [1.82, 2.24) is 4.31 Å². The molecule has 0 bridgehead atoms. The van der Waals surface area contributed by atoms with Crippen LogP contribution in [0.2, 0.25) is 0 Å². The lowest BCUT2D eigenvalue weighted by Gasteiger charge is -2.30. The monoisotopic (exact) mass is 324 g/mol. The van der Waals surface area contributed by atoms with Crippen molar-refractivity contribution in [3.05, 3.63) is 0 Å². The van der Waals surface area contributed by atoms with E-state index >= 15 is 0 Å². The largest absolute Gasteiger partial charge is 0.468 e. The van der Waals surface area contributed by atoms with Crippen LogP contribution in [0.25, 0.3) is 0 Å².